The molecule has 0 aromatic carbocycles. The molecule has 0 aliphatic heterocycles. The first-order chi connectivity index (χ1) is 16.5. The van der Waals surface area contributed by atoms with Crippen LogP contribution >= 0.6 is 0 Å². The SMILES string of the molecule is CCCOC1CCC2CC(C3CCC(/C=C/C4CCC(CCC)CC4)CC3)C(F)C(F)C2C1F. The predicted octanol–water partition coefficient (Wildman–Crippen LogP) is 8.81. The van der Waals surface area contributed by atoms with Crippen LogP contribution in [0, 0.1) is 41.4 Å². The lowest BCUT2D eigenvalue weighted by molar-refractivity contribution is -0.131. The van der Waals surface area contributed by atoms with Crippen LogP contribution in [-0.4, -0.2) is 31.2 Å². The number of hydrogen-bond donors (Lipinski definition) is 0. The minimum Gasteiger partial charge on any atom is -0.375 e. The molecule has 0 heterocycles. The van der Waals surface area contributed by atoms with E-state index in [0.717, 1.165) is 50.4 Å². The van der Waals surface area contributed by atoms with Gasteiger partial charge in [-0.2, -0.15) is 0 Å². The maximum Gasteiger partial charge on any atom is 0.137 e. The van der Waals surface area contributed by atoms with Gasteiger partial charge in [0.1, 0.15) is 18.5 Å². The van der Waals surface area contributed by atoms with Gasteiger partial charge in [0.05, 0.1) is 6.10 Å². The molecule has 0 amide bonds. The number of halogens is 3. The van der Waals surface area contributed by atoms with Gasteiger partial charge in [-0.15, -0.1) is 0 Å². The van der Waals surface area contributed by atoms with Crippen molar-refractivity contribution in [3.8, 4) is 0 Å². The molecule has 1 nitrogen and oxygen atoms in total. The van der Waals surface area contributed by atoms with Gasteiger partial charge in [0.25, 0.3) is 0 Å². The molecule has 7 atom stereocenters. The molecule has 0 radical (unpaired) electrons. The second kappa shape index (κ2) is 12.6. The van der Waals surface area contributed by atoms with Crippen LogP contribution in [0.25, 0.3) is 0 Å². The van der Waals surface area contributed by atoms with Crippen LogP contribution < -0.4 is 0 Å². The third-order valence-electron chi connectivity index (χ3n) is 9.95. The summed E-state index contributed by atoms with van der Waals surface area (Å²) in [6, 6.07) is 0. The van der Waals surface area contributed by atoms with E-state index in [4.69, 9.17) is 4.74 Å². The third kappa shape index (κ3) is 6.24. The summed E-state index contributed by atoms with van der Waals surface area (Å²) in [6.07, 6.45) is 15.1. The van der Waals surface area contributed by atoms with Crippen LogP contribution in [0.4, 0.5) is 13.2 Å². The first-order valence-electron chi connectivity index (χ1n) is 14.7. The standard InChI is InChI=1S/C30H49F3O/c1-3-5-20-6-8-21(9-7-20)10-11-22-12-14-23(15-13-22)25-19-24-16-17-26(34-18-4-2)29(32)27(24)30(33)28(25)31/h10-11,20-30H,3-9,12-19H2,1-2H3/b11-10+. The lowest BCUT2D eigenvalue weighted by Gasteiger charge is -2.49. The van der Waals surface area contributed by atoms with Crippen LogP contribution in [0.5, 0.6) is 0 Å². The van der Waals surface area contributed by atoms with Crippen LogP contribution in [0.15, 0.2) is 12.2 Å². The Hall–Kier alpha value is -0.510. The Kier molecular flexibility index (Phi) is 9.87. The monoisotopic (exact) mass is 482 g/mol. The summed E-state index contributed by atoms with van der Waals surface area (Å²) >= 11 is 0. The van der Waals surface area contributed by atoms with Crippen LogP contribution in [0.2, 0.25) is 0 Å². The second-order valence-corrected chi connectivity index (χ2v) is 12.2. The summed E-state index contributed by atoms with van der Waals surface area (Å²) in [5, 5.41) is 0. The van der Waals surface area contributed by atoms with Gasteiger partial charge in [0.15, 0.2) is 0 Å². The zero-order chi connectivity index (χ0) is 24.1. The highest BCUT2D eigenvalue weighted by atomic mass is 19.2. The van der Waals surface area contributed by atoms with Gasteiger partial charge in [-0.05, 0) is 113 Å². The number of fused-ring (bicyclic) bond motifs is 1. The topological polar surface area (TPSA) is 9.23 Å². The van der Waals surface area contributed by atoms with Gasteiger partial charge in [0.2, 0.25) is 0 Å². The summed E-state index contributed by atoms with van der Waals surface area (Å²) in [6.45, 7) is 4.78. The first-order valence-corrected chi connectivity index (χ1v) is 14.7. The van der Waals surface area contributed by atoms with Crippen molar-refractivity contribution >= 4 is 0 Å². The molecule has 4 saturated carbocycles. The molecular weight excluding hydrogens is 433 g/mol. The van der Waals surface area contributed by atoms with Gasteiger partial charge in [-0.3, -0.25) is 0 Å². The number of hydrogen-bond acceptors (Lipinski definition) is 1. The maximum absolute atomic E-state index is 15.3. The van der Waals surface area contributed by atoms with Gasteiger partial charge < -0.3 is 4.74 Å². The van der Waals surface area contributed by atoms with Crippen molar-refractivity contribution in [1.29, 1.82) is 0 Å². The summed E-state index contributed by atoms with van der Waals surface area (Å²) in [5.74, 6) is 1.48. The molecule has 0 aromatic rings. The van der Waals surface area contributed by atoms with E-state index in [2.05, 4.69) is 19.1 Å². The lowest BCUT2D eigenvalue weighted by atomic mass is 9.60. The summed E-state index contributed by atoms with van der Waals surface area (Å²) in [5.41, 5.74) is 0. The highest BCUT2D eigenvalue weighted by Gasteiger charge is 2.54. The van der Waals surface area contributed by atoms with Gasteiger partial charge >= 0.3 is 0 Å². The van der Waals surface area contributed by atoms with Crippen molar-refractivity contribution in [2.75, 3.05) is 6.61 Å². The molecule has 196 valence electrons. The lowest BCUT2D eigenvalue weighted by Crippen LogP contribution is -2.54. The van der Waals surface area contributed by atoms with E-state index in [1.807, 2.05) is 6.92 Å². The van der Waals surface area contributed by atoms with Crippen LogP contribution in [0.3, 0.4) is 0 Å². The Bertz CT molecular complexity index is 621. The van der Waals surface area contributed by atoms with Gasteiger partial charge in [0, 0.05) is 12.5 Å². The fourth-order valence-corrected chi connectivity index (χ4v) is 7.93. The number of ether oxygens (including phenoxy) is 1. The fraction of sp³-hybridized carbons (Fsp3) is 0.933. The molecule has 0 bridgehead atoms. The normalized spacial score (nSPS) is 45.9. The largest absolute Gasteiger partial charge is 0.375 e. The number of rotatable bonds is 8. The van der Waals surface area contributed by atoms with Crippen molar-refractivity contribution in [2.45, 2.75) is 128 Å². The van der Waals surface area contributed by atoms with Gasteiger partial charge in [-0.25, -0.2) is 13.2 Å². The van der Waals surface area contributed by atoms with Gasteiger partial charge in [-0.1, -0.05) is 38.8 Å². The predicted molar refractivity (Wildman–Crippen MR) is 134 cm³/mol. The molecule has 0 N–H and O–H groups in total. The van der Waals surface area contributed by atoms with E-state index in [1.54, 1.807) is 0 Å². The van der Waals surface area contributed by atoms with Crippen molar-refractivity contribution in [3.63, 3.8) is 0 Å². The average molecular weight is 483 g/mol. The quantitative estimate of drug-likeness (QED) is 0.314. The Morgan fingerprint density at radius 3 is 1.91 bits per heavy atom. The Labute approximate surface area is 206 Å². The minimum absolute atomic E-state index is 0.0241. The maximum atomic E-state index is 15.3. The zero-order valence-corrected chi connectivity index (χ0v) is 21.7. The van der Waals surface area contributed by atoms with Crippen molar-refractivity contribution < 1.29 is 17.9 Å². The highest BCUT2D eigenvalue weighted by Crippen LogP contribution is 2.51. The number of alkyl halides is 3. The molecule has 4 fully saturated rings. The fourth-order valence-electron chi connectivity index (χ4n) is 7.93. The highest BCUT2D eigenvalue weighted by molar-refractivity contribution is 5.03. The van der Waals surface area contributed by atoms with E-state index in [0.29, 0.717) is 25.4 Å². The molecule has 4 rings (SSSR count). The average Bonchev–Trinajstić information content (AvgIpc) is 2.86. The molecule has 0 spiro atoms. The third-order valence-corrected chi connectivity index (χ3v) is 9.95. The minimum atomic E-state index is -1.67. The molecule has 0 saturated heterocycles. The van der Waals surface area contributed by atoms with E-state index in [-0.39, 0.29) is 17.8 Å². The molecular formula is C30H49F3O. The van der Waals surface area contributed by atoms with E-state index in [1.165, 1.54) is 38.5 Å². The van der Waals surface area contributed by atoms with E-state index in [9.17, 15) is 0 Å². The summed E-state index contributed by atoms with van der Waals surface area (Å²) in [4.78, 5) is 0. The van der Waals surface area contributed by atoms with E-state index >= 15 is 13.2 Å². The Morgan fingerprint density at radius 2 is 1.29 bits per heavy atom. The molecule has 4 aliphatic rings. The van der Waals surface area contributed by atoms with E-state index < -0.39 is 30.5 Å². The van der Waals surface area contributed by atoms with Crippen LogP contribution in [0.1, 0.15) is 104 Å². The Balaban J connectivity index is 1.25. The number of allylic oxidation sites excluding steroid dienone is 2. The Morgan fingerprint density at radius 1 is 0.676 bits per heavy atom. The molecule has 7 unspecified atom stereocenters. The summed E-state index contributed by atoms with van der Waals surface area (Å²) < 4.78 is 51.3. The molecule has 4 heteroatoms. The zero-order valence-electron chi connectivity index (χ0n) is 21.7. The second-order valence-electron chi connectivity index (χ2n) is 12.2. The summed E-state index contributed by atoms with van der Waals surface area (Å²) in [7, 11) is 0. The smallest absolute Gasteiger partial charge is 0.137 e. The molecule has 4 aliphatic carbocycles. The van der Waals surface area contributed by atoms with Crippen molar-refractivity contribution in [3.05, 3.63) is 12.2 Å². The van der Waals surface area contributed by atoms with Crippen LogP contribution in [-0.2, 0) is 4.74 Å². The van der Waals surface area contributed by atoms with Crippen molar-refractivity contribution in [1.82, 2.24) is 0 Å². The first kappa shape index (κ1) is 26.6. The molecule has 0 aromatic heterocycles. The van der Waals surface area contributed by atoms with Crippen molar-refractivity contribution in [2.24, 2.45) is 41.4 Å². The molecule has 34 heavy (non-hydrogen) atoms.